The molecule has 1 aliphatic rings. The van der Waals surface area contributed by atoms with Crippen LogP contribution in [0.25, 0.3) is 16.6 Å². The Morgan fingerprint density at radius 3 is 2.48 bits per heavy atom. The second kappa shape index (κ2) is 10.1. The maximum atomic E-state index is 14.6. The first kappa shape index (κ1) is 27.4. The van der Waals surface area contributed by atoms with Crippen molar-refractivity contribution >= 4 is 39.9 Å². The summed E-state index contributed by atoms with van der Waals surface area (Å²) in [5.74, 6) is -0.902. The van der Waals surface area contributed by atoms with Crippen molar-refractivity contribution in [2.45, 2.75) is 72.7 Å². The van der Waals surface area contributed by atoms with E-state index >= 15 is 0 Å². The summed E-state index contributed by atoms with van der Waals surface area (Å²) in [6.07, 6.45) is 4.97. The standard InChI is InChI=1S/C29H36FN7O3/c1-8-36-16-22-24(34-13-18(3)37(19(4)14-34)28(39)40-29(5,6)7)10-9-21(25(22)33-36)27(38)32-20-11-23(30)26-31-17(2)12-35(26)15-20/h9-12,15-16,18-19H,8,13-14H2,1-7H3,(H,32,38). The van der Waals surface area contributed by atoms with Gasteiger partial charge in [0.05, 0.1) is 29.0 Å². The molecule has 0 radical (unpaired) electrons. The largest absolute Gasteiger partial charge is 0.444 e. The Bertz CT molecular complexity index is 1590. The maximum absolute atomic E-state index is 14.6. The van der Waals surface area contributed by atoms with Crippen LogP contribution < -0.4 is 10.2 Å². The Hall–Kier alpha value is -4.15. The van der Waals surface area contributed by atoms with Gasteiger partial charge >= 0.3 is 6.09 Å². The van der Waals surface area contributed by atoms with Gasteiger partial charge in [-0.15, -0.1) is 0 Å². The molecule has 0 spiro atoms. The van der Waals surface area contributed by atoms with E-state index in [1.807, 2.05) is 53.8 Å². The molecule has 212 valence electrons. The molecule has 2 unspecified atom stereocenters. The van der Waals surface area contributed by atoms with Crippen LogP contribution in [-0.2, 0) is 11.3 Å². The smallest absolute Gasteiger partial charge is 0.410 e. The van der Waals surface area contributed by atoms with Crippen molar-refractivity contribution in [3.05, 3.63) is 53.9 Å². The van der Waals surface area contributed by atoms with Gasteiger partial charge in [0.2, 0.25) is 0 Å². The average Bonchev–Trinajstić information content (AvgIpc) is 3.45. The van der Waals surface area contributed by atoms with Crippen molar-refractivity contribution in [3.8, 4) is 0 Å². The first-order valence-corrected chi connectivity index (χ1v) is 13.6. The molecule has 10 nitrogen and oxygen atoms in total. The first-order chi connectivity index (χ1) is 18.8. The SMILES string of the molecule is CCn1cc2c(N3CC(C)N(C(=O)OC(C)(C)C)C(C)C3)ccc(C(=O)Nc3cc(F)c4nc(C)cn4c3)c2n1. The molecular weight excluding hydrogens is 513 g/mol. The lowest BCUT2D eigenvalue weighted by atomic mass is 10.0. The number of benzene rings is 1. The normalized spacial score (nSPS) is 18.0. The summed E-state index contributed by atoms with van der Waals surface area (Å²) in [5.41, 5.74) is 2.53. The van der Waals surface area contributed by atoms with E-state index in [9.17, 15) is 14.0 Å². The third-order valence-corrected chi connectivity index (χ3v) is 7.02. The van der Waals surface area contributed by atoms with E-state index in [0.29, 0.717) is 42.1 Å². The highest BCUT2D eigenvalue weighted by molar-refractivity contribution is 6.14. The van der Waals surface area contributed by atoms with Gasteiger partial charge in [0, 0.05) is 55.4 Å². The molecule has 0 aliphatic carbocycles. The van der Waals surface area contributed by atoms with Crippen LogP contribution in [0.1, 0.15) is 57.6 Å². The quantitative estimate of drug-likeness (QED) is 0.374. The Kier molecular flexibility index (Phi) is 6.93. The lowest BCUT2D eigenvalue weighted by molar-refractivity contribution is 0.00567. The summed E-state index contributed by atoms with van der Waals surface area (Å²) in [4.78, 5) is 34.5. The lowest BCUT2D eigenvalue weighted by Crippen LogP contribution is -2.59. The zero-order chi connectivity index (χ0) is 28.9. The van der Waals surface area contributed by atoms with E-state index in [4.69, 9.17) is 9.84 Å². The van der Waals surface area contributed by atoms with Gasteiger partial charge in [-0.05, 0) is 60.6 Å². The molecule has 5 rings (SSSR count). The van der Waals surface area contributed by atoms with E-state index in [0.717, 1.165) is 11.1 Å². The Morgan fingerprint density at radius 2 is 1.82 bits per heavy atom. The van der Waals surface area contributed by atoms with Gasteiger partial charge in [0.25, 0.3) is 5.91 Å². The molecule has 1 saturated heterocycles. The van der Waals surface area contributed by atoms with Crippen molar-refractivity contribution in [2.75, 3.05) is 23.3 Å². The highest BCUT2D eigenvalue weighted by atomic mass is 19.1. The second-order valence-electron chi connectivity index (χ2n) is 11.5. The van der Waals surface area contributed by atoms with Crippen LogP contribution in [0.3, 0.4) is 0 Å². The summed E-state index contributed by atoms with van der Waals surface area (Å²) < 4.78 is 23.6. The number of hydrogen-bond acceptors (Lipinski definition) is 6. The van der Waals surface area contributed by atoms with Gasteiger partial charge in [-0.3, -0.25) is 14.4 Å². The summed E-state index contributed by atoms with van der Waals surface area (Å²) in [6, 6.07) is 4.77. The van der Waals surface area contributed by atoms with Crippen LogP contribution in [0.5, 0.6) is 0 Å². The third kappa shape index (κ3) is 5.20. The number of ether oxygens (including phenoxy) is 1. The van der Waals surface area contributed by atoms with Crippen LogP contribution in [0, 0.1) is 12.7 Å². The fourth-order valence-corrected chi connectivity index (χ4v) is 5.40. The van der Waals surface area contributed by atoms with Crippen LogP contribution in [0.2, 0.25) is 0 Å². The fourth-order valence-electron chi connectivity index (χ4n) is 5.40. The number of fused-ring (bicyclic) bond motifs is 2. The van der Waals surface area contributed by atoms with Gasteiger partial charge in [0.15, 0.2) is 11.5 Å². The summed E-state index contributed by atoms with van der Waals surface area (Å²) in [7, 11) is 0. The van der Waals surface area contributed by atoms with Gasteiger partial charge in [-0.2, -0.15) is 5.10 Å². The van der Waals surface area contributed by atoms with Crippen molar-refractivity contribution < 1.29 is 18.7 Å². The molecule has 1 N–H and O–H groups in total. The number of imidazole rings is 1. The van der Waals surface area contributed by atoms with E-state index in [-0.39, 0.29) is 29.7 Å². The van der Waals surface area contributed by atoms with Gasteiger partial charge in [0.1, 0.15) is 11.1 Å². The summed E-state index contributed by atoms with van der Waals surface area (Å²) in [5, 5.41) is 8.36. The molecule has 0 saturated carbocycles. The number of carbonyl (C=O) groups is 2. The zero-order valence-corrected chi connectivity index (χ0v) is 24.0. The van der Waals surface area contributed by atoms with Gasteiger partial charge in [-0.1, -0.05) is 0 Å². The van der Waals surface area contributed by atoms with Crippen LogP contribution in [-0.4, -0.2) is 66.8 Å². The maximum Gasteiger partial charge on any atom is 0.410 e. The predicted molar refractivity (Wildman–Crippen MR) is 152 cm³/mol. The number of aryl methyl sites for hydroxylation is 2. The predicted octanol–water partition coefficient (Wildman–Crippen LogP) is 5.24. The average molecular weight is 550 g/mol. The molecule has 3 aromatic heterocycles. The van der Waals surface area contributed by atoms with E-state index in [2.05, 4.69) is 15.2 Å². The summed E-state index contributed by atoms with van der Waals surface area (Å²) >= 11 is 0. The molecule has 1 fully saturated rings. The number of aromatic nitrogens is 4. The number of rotatable bonds is 4. The second-order valence-corrected chi connectivity index (χ2v) is 11.5. The van der Waals surface area contributed by atoms with Crippen LogP contribution in [0.15, 0.2) is 36.8 Å². The number of pyridine rings is 1. The summed E-state index contributed by atoms with van der Waals surface area (Å²) in [6.45, 7) is 15.2. The van der Waals surface area contributed by atoms with Crippen molar-refractivity contribution in [2.24, 2.45) is 0 Å². The van der Waals surface area contributed by atoms with E-state index < -0.39 is 11.4 Å². The number of halogens is 1. The van der Waals surface area contributed by atoms with Crippen LogP contribution >= 0.6 is 0 Å². The van der Waals surface area contributed by atoms with Crippen molar-refractivity contribution in [1.82, 2.24) is 24.1 Å². The van der Waals surface area contributed by atoms with Gasteiger partial charge < -0.3 is 19.4 Å². The monoisotopic (exact) mass is 549 g/mol. The third-order valence-electron chi connectivity index (χ3n) is 7.02. The molecule has 40 heavy (non-hydrogen) atoms. The number of carbonyl (C=O) groups excluding carboxylic acids is 2. The number of nitrogens with zero attached hydrogens (tertiary/aromatic N) is 6. The molecular formula is C29H36FN7O3. The van der Waals surface area contributed by atoms with Crippen LogP contribution in [0.4, 0.5) is 20.6 Å². The first-order valence-electron chi connectivity index (χ1n) is 13.6. The fraction of sp³-hybridized carbons (Fsp3) is 0.448. The molecule has 2 amide bonds. The van der Waals surface area contributed by atoms with Crippen molar-refractivity contribution in [3.63, 3.8) is 0 Å². The number of nitrogens with one attached hydrogen (secondary N) is 1. The minimum Gasteiger partial charge on any atom is -0.444 e. The number of hydrogen-bond donors (Lipinski definition) is 1. The molecule has 11 heteroatoms. The molecule has 4 heterocycles. The number of anilines is 2. The molecule has 1 aliphatic heterocycles. The van der Waals surface area contributed by atoms with E-state index in [1.165, 1.54) is 6.07 Å². The Morgan fingerprint density at radius 1 is 1.12 bits per heavy atom. The minimum absolute atomic E-state index is 0.0885. The highest BCUT2D eigenvalue weighted by Gasteiger charge is 2.36. The molecule has 1 aromatic carbocycles. The number of amides is 2. The molecule has 2 atom stereocenters. The minimum atomic E-state index is -0.569. The highest BCUT2D eigenvalue weighted by Crippen LogP contribution is 2.33. The van der Waals surface area contributed by atoms with Crippen molar-refractivity contribution in [1.29, 1.82) is 0 Å². The zero-order valence-electron chi connectivity index (χ0n) is 24.0. The topological polar surface area (TPSA) is 97.0 Å². The molecule has 4 aromatic rings. The van der Waals surface area contributed by atoms with Gasteiger partial charge in [-0.25, -0.2) is 14.2 Å². The lowest BCUT2D eigenvalue weighted by Gasteiger charge is -2.45. The van der Waals surface area contributed by atoms with E-state index in [1.54, 1.807) is 39.4 Å². The Balaban J connectivity index is 1.44. The Labute approximate surface area is 232 Å². The molecule has 0 bridgehead atoms. The number of piperazine rings is 1.